The standard InChI is InChI=1S/C11H15N3O5/c12-9(15)4-3-8(10(16)17)14-11(18)13-6-7-2-1-5-19-7/h1-2,5,8H,3-4,6H2,(H2,12,15)(H,16,17)(H2,13,14,18)/t8-/m1/s1. The first-order valence-electron chi connectivity index (χ1n) is 5.57. The maximum atomic E-state index is 11.5. The zero-order valence-corrected chi connectivity index (χ0v) is 10.1. The summed E-state index contributed by atoms with van der Waals surface area (Å²) < 4.78 is 5.00. The molecule has 19 heavy (non-hydrogen) atoms. The zero-order chi connectivity index (χ0) is 14.3. The Balaban J connectivity index is 2.38. The van der Waals surface area contributed by atoms with Crippen LogP contribution in [0.25, 0.3) is 0 Å². The highest BCUT2D eigenvalue weighted by molar-refractivity contribution is 5.83. The molecule has 8 nitrogen and oxygen atoms in total. The van der Waals surface area contributed by atoms with Gasteiger partial charge >= 0.3 is 12.0 Å². The summed E-state index contributed by atoms with van der Waals surface area (Å²) in [7, 11) is 0. The maximum absolute atomic E-state index is 11.5. The minimum Gasteiger partial charge on any atom is -0.480 e. The Morgan fingerprint density at radius 2 is 2.16 bits per heavy atom. The molecule has 0 aromatic carbocycles. The Morgan fingerprint density at radius 3 is 2.68 bits per heavy atom. The first-order valence-corrected chi connectivity index (χ1v) is 5.57. The highest BCUT2D eigenvalue weighted by atomic mass is 16.4. The molecule has 3 amide bonds. The van der Waals surface area contributed by atoms with Crippen LogP contribution in [-0.4, -0.2) is 29.1 Å². The minimum absolute atomic E-state index is 0.0567. The van der Waals surface area contributed by atoms with Gasteiger partial charge in [0.25, 0.3) is 0 Å². The van der Waals surface area contributed by atoms with E-state index in [9.17, 15) is 14.4 Å². The summed E-state index contributed by atoms with van der Waals surface area (Å²) in [6.07, 6.45) is 1.29. The number of furan rings is 1. The predicted molar refractivity (Wildman–Crippen MR) is 63.9 cm³/mol. The van der Waals surface area contributed by atoms with Crippen LogP contribution >= 0.6 is 0 Å². The molecule has 0 bridgehead atoms. The van der Waals surface area contributed by atoms with Crippen molar-refractivity contribution in [2.45, 2.75) is 25.4 Å². The number of carbonyl (C=O) groups is 3. The van der Waals surface area contributed by atoms with Crippen molar-refractivity contribution < 1.29 is 23.9 Å². The second-order valence-electron chi connectivity index (χ2n) is 3.80. The van der Waals surface area contributed by atoms with Gasteiger partial charge < -0.3 is 25.9 Å². The lowest BCUT2D eigenvalue weighted by Gasteiger charge is -2.13. The van der Waals surface area contributed by atoms with E-state index in [1.54, 1.807) is 12.1 Å². The van der Waals surface area contributed by atoms with Crippen LogP contribution in [0, 0.1) is 0 Å². The van der Waals surface area contributed by atoms with Gasteiger partial charge in [-0.2, -0.15) is 0 Å². The van der Waals surface area contributed by atoms with E-state index < -0.39 is 23.9 Å². The average molecular weight is 269 g/mol. The van der Waals surface area contributed by atoms with Gasteiger partial charge in [-0.05, 0) is 18.6 Å². The molecule has 0 fully saturated rings. The van der Waals surface area contributed by atoms with Crippen molar-refractivity contribution in [2.75, 3.05) is 0 Å². The van der Waals surface area contributed by atoms with Crippen molar-refractivity contribution in [1.82, 2.24) is 10.6 Å². The molecule has 0 radical (unpaired) electrons. The van der Waals surface area contributed by atoms with Gasteiger partial charge in [-0.25, -0.2) is 9.59 Å². The summed E-state index contributed by atoms with van der Waals surface area (Å²) in [5.41, 5.74) is 4.92. The number of rotatable bonds is 7. The molecule has 8 heteroatoms. The Hall–Kier alpha value is -2.51. The van der Waals surface area contributed by atoms with Gasteiger partial charge in [-0.1, -0.05) is 0 Å². The lowest BCUT2D eigenvalue weighted by molar-refractivity contribution is -0.139. The van der Waals surface area contributed by atoms with Gasteiger partial charge in [0, 0.05) is 6.42 Å². The van der Waals surface area contributed by atoms with Gasteiger partial charge in [0.2, 0.25) is 5.91 Å². The summed E-state index contributed by atoms with van der Waals surface area (Å²) in [6, 6.07) is 1.52. The highest BCUT2D eigenvalue weighted by Crippen LogP contribution is 2.00. The van der Waals surface area contributed by atoms with E-state index in [0.717, 1.165) is 0 Å². The summed E-state index contributed by atoms with van der Waals surface area (Å²) in [6.45, 7) is 0.140. The topological polar surface area (TPSA) is 135 Å². The van der Waals surface area contributed by atoms with E-state index in [1.807, 2.05) is 0 Å². The van der Waals surface area contributed by atoms with Gasteiger partial charge in [-0.15, -0.1) is 0 Å². The number of aliphatic carboxylic acids is 1. The monoisotopic (exact) mass is 269 g/mol. The molecule has 1 rings (SSSR count). The van der Waals surface area contributed by atoms with E-state index >= 15 is 0 Å². The molecule has 104 valence electrons. The average Bonchev–Trinajstić information content (AvgIpc) is 2.84. The molecule has 0 aliphatic carbocycles. The normalized spacial score (nSPS) is 11.6. The third kappa shape index (κ3) is 5.57. The molecule has 0 aliphatic rings. The number of hydrogen-bond donors (Lipinski definition) is 4. The van der Waals surface area contributed by atoms with E-state index in [4.69, 9.17) is 15.3 Å². The number of amides is 3. The number of carboxylic acids is 1. The van der Waals surface area contributed by atoms with Crippen molar-refractivity contribution in [2.24, 2.45) is 5.73 Å². The minimum atomic E-state index is -1.23. The summed E-state index contributed by atoms with van der Waals surface area (Å²) >= 11 is 0. The van der Waals surface area contributed by atoms with Crippen LogP contribution in [0.2, 0.25) is 0 Å². The Morgan fingerprint density at radius 1 is 1.42 bits per heavy atom. The van der Waals surface area contributed by atoms with Crippen molar-refractivity contribution in [3.05, 3.63) is 24.2 Å². The molecule has 0 spiro atoms. The van der Waals surface area contributed by atoms with Gasteiger partial charge in [-0.3, -0.25) is 4.79 Å². The van der Waals surface area contributed by atoms with Crippen LogP contribution in [-0.2, 0) is 16.1 Å². The summed E-state index contributed by atoms with van der Waals surface area (Å²) in [5, 5.41) is 13.5. The number of hydrogen-bond acceptors (Lipinski definition) is 4. The van der Waals surface area contributed by atoms with Gasteiger partial charge in [0.1, 0.15) is 11.8 Å². The van der Waals surface area contributed by atoms with Gasteiger partial charge in [0.15, 0.2) is 0 Å². The molecule has 5 N–H and O–H groups in total. The predicted octanol–water partition coefficient (Wildman–Crippen LogP) is -0.202. The third-order valence-corrected chi connectivity index (χ3v) is 2.29. The number of urea groups is 1. The summed E-state index contributed by atoms with van der Waals surface area (Å²) in [4.78, 5) is 32.9. The molecule has 0 aliphatic heterocycles. The number of nitrogens with two attached hydrogens (primary N) is 1. The molecular weight excluding hydrogens is 254 g/mol. The molecule has 0 saturated carbocycles. The number of primary amides is 1. The van der Waals surface area contributed by atoms with Crippen LogP contribution in [0.4, 0.5) is 4.79 Å². The smallest absolute Gasteiger partial charge is 0.326 e. The summed E-state index contributed by atoms with van der Waals surface area (Å²) in [5.74, 6) is -1.31. The second-order valence-corrected chi connectivity index (χ2v) is 3.80. The van der Waals surface area contributed by atoms with Crippen molar-refractivity contribution >= 4 is 17.9 Å². The largest absolute Gasteiger partial charge is 0.480 e. The van der Waals surface area contributed by atoms with Crippen LogP contribution in [0.5, 0.6) is 0 Å². The van der Waals surface area contributed by atoms with Crippen molar-refractivity contribution in [3.8, 4) is 0 Å². The lowest BCUT2D eigenvalue weighted by atomic mass is 10.1. The van der Waals surface area contributed by atoms with Crippen LogP contribution < -0.4 is 16.4 Å². The van der Waals surface area contributed by atoms with Gasteiger partial charge in [0.05, 0.1) is 12.8 Å². The number of carbonyl (C=O) groups excluding carboxylic acids is 2. The second kappa shape index (κ2) is 7.04. The van der Waals surface area contributed by atoms with Crippen LogP contribution in [0.1, 0.15) is 18.6 Å². The molecule has 0 saturated heterocycles. The fraction of sp³-hybridized carbons (Fsp3) is 0.364. The fourth-order valence-electron chi connectivity index (χ4n) is 1.33. The van der Waals surface area contributed by atoms with Crippen LogP contribution in [0.15, 0.2) is 22.8 Å². The Kier molecular flexibility index (Phi) is 5.39. The SMILES string of the molecule is NC(=O)CC[C@@H](NC(=O)NCc1ccco1)C(=O)O. The van der Waals surface area contributed by atoms with E-state index in [0.29, 0.717) is 5.76 Å². The Labute approximate surface area is 108 Å². The molecule has 1 heterocycles. The molecule has 1 atom stereocenters. The first kappa shape index (κ1) is 14.6. The zero-order valence-electron chi connectivity index (χ0n) is 10.1. The van der Waals surface area contributed by atoms with E-state index in [2.05, 4.69) is 10.6 Å². The number of nitrogens with one attached hydrogen (secondary N) is 2. The fourth-order valence-corrected chi connectivity index (χ4v) is 1.33. The van der Waals surface area contributed by atoms with Crippen molar-refractivity contribution in [3.63, 3.8) is 0 Å². The van der Waals surface area contributed by atoms with E-state index in [1.165, 1.54) is 6.26 Å². The maximum Gasteiger partial charge on any atom is 0.326 e. The quantitative estimate of drug-likeness (QED) is 0.543. The van der Waals surface area contributed by atoms with Crippen molar-refractivity contribution in [1.29, 1.82) is 0 Å². The Bertz CT molecular complexity index is 443. The van der Waals surface area contributed by atoms with Crippen LogP contribution in [0.3, 0.4) is 0 Å². The molecule has 1 aromatic rings. The number of carboxylic acid groups (broad SMARTS) is 1. The third-order valence-electron chi connectivity index (χ3n) is 2.29. The first-order chi connectivity index (χ1) is 8.99. The molecule has 1 aromatic heterocycles. The van der Waals surface area contributed by atoms with E-state index in [-0.39, 0.29) is 19.4 Å². The molecule has 0 unspecified atom stereocenters. The highest BCUT2D eigenvalue weighted by Gasteiger charge is 2.20. The molecular formula is C11H15N3O5. The lowest BCUT2D eigenvalue weighted by Crippen LogP contribution is -2.46.